The van der Waals surface area contributed by atoms with E-state index >= 15 is 0 Å². The van der Waals surface area contributed by atoms with Crippen molar-refractivity contribution in [2.75, 3.05) is 6.61 Å². The molecule has 2 aromatic rings. The zero-order chi connectivity index (χ0) is 8.67. The van der Waals surface area contributed by atoms with Gasteiger partial charge in [0.15, 0.2) is 0 Å². The van der Waals surface area contributed by atoms with Crippen molar-refractivity contribution in [1.82, 2.24) is 9.97 Å². The number of pyridine rings is 1. The van der Waals surface area contributed by atoms with Gasteiger partial charge in [-0.1, -0.05) is 0 Å². The van der Waals surface area contributed by atoms with Crippen molar-refractivity contribution in [2.45, 2.75) is 12.5 Å². The summed E-state index contributed by atoms with van der Waals surface area (Å²) in [6.07, 6.45) is 5.28. The monoisotopic (exact) mass is 174 g/mol. The molecular weight excluding hydrogens is 164 g/mol. The third-order valence-corrected chi connectivity index (χ3v) is 2.39. The Morgan fingerprint density at radius 2 is 2.54 bits per heavy atom. The van der Waals surface area contributed by atoms with Crippen LogP contribution < -0.4 is 0 Å². The molecule has 0 aliphatic carbocycles. The van der Waals surface area contributed by atoms with Crippen molar-refractivity contribution >= 4 is 11.0 Å². The van der Waals surface area contributed by atoms with E-state index in [1.165, 1.54) is 10.9 Å². The van der Waals surface area contributed by atoms with Crippen molar-refractivity contribution < 1.29 is 4.74 Å². The van der Waals surface area contributed by atoms with Crippen LogP contribution in [0.25, 0.3) is 11.0 Å². The summed E-state index contributed by atoms with van der Waals surface area (Å²) in [6, 6.07) is 4.06. The molecule has 0 bridgehead atoms. The second-order valence-electron chi connectivity index (χ2n) is 3.37. The van der Waals surface area contributed by atoms with Crippen LogP contribution >= 0.6 is 0 Å². The largest absolute Gasteiger partial charge is 0.373 e. The van der Waals surface area contributed by atoms with Crippen LogP contribution in [0.1, 0.15) is 5.56 Å². The van der Waals surface area contributed by atoms with Crippen molar-refractivity contribution in [3.8, 4) is 0 Å². The number of aromatic nitrogens is 2. The summed E-state index contributed by atoms with van der Waals surface area (Å²) in [6.45, 7) is 0.910. The van der Waals surface area contributed by atoms with Gasteiger partial charge in [-0.25, -0.2) is 4.98 Å². The Bertz CT molecular complexity index is 431. The predicted molar refractivity (Wildman–Crippen MR) is 49.5 cm³/mol. The van der Waals surface area contributed by atoms with Gasteiger partial charge in [0.2, 0.25) is 0 Å². The average molecular weight is 174 g/mol. The van der Waals surface area contributed by atoms with Gasteiger partial charge in [0.25, 0.3) is 0 Å². The van der Waals surface area contributed by atoms with Gasteiger partial charge < -0.3 is 9.72 Å². The Hall–Kier alpha value is -1.35. The molecule has 3 rings (SSSR count). The molecule has 2 aromatic heterocycles. The molecule has 1 unspecified atom stereocenters. The lowest BCUT2D eigenvalue weighted by molar-refractivity contribution is 0.408. The lowest BCUT2D eigenvalue weighted by Gasteiger charge is -1.93. The first-order valence-electron chi connectivity index (χ1n) is 4.46. The summed E-state index contributed by atoms with van der Waals surface area (Å²) >= 11 is 0. The van der Waals surface area contributed by atoms with E-state index in [4.69, 9.17) is 4.74 Å². The molecule has 1 N–H and O–H groups in total. The predicted octanol–water partition coefficient (Wildman–Crippen LogP) is 1.50. The number of ether oxygens (including phenoxy) is 1. The fourth-order valence-electron chi connectivity index (χ4n) is 1.61. The molecule has 1 saturated heterocycles. The van der Waals surface area contributed by atoms with Crippen LogP contribution in [0.5, 0.6) is 0 Å². The maximum absolute atomic E-state index is 5.20. The third kappa shape index (κ3) is 1.21. The van der Waals surface area contributed by atoms with Crippen LogP contribution in [0.4, 0.5) is 0 Å². The molecule has 0 spiro atoms. The maximum Gasteiger partial charge on any atom is 0.137 e. The summed E-state index contributed by atoms with van der Waals surface area (Å²) in [5, 5.41) is 1.22. The first-order chi connectivity index (χ1) is 6.43. The first-order valence-corrected chi connectivity index (χ1v) is 4.46. The average Bonchev–Trinajstić information content (AvgIpc) is 2.88. The SMILES string of the molecule is c1cnc2[nH]cc(CC3CO3)c2c1. The number of hydrogen-bond acceptors (Lipinski definition) is 2. The summed E-state index contributed by atoms with van der Waals surface area (Å²) in [4.78, 5) is 7.39. The molecule has 1 atom stereocenters. The fraction of sp³-hybridized carbons (Fsp3) is 0.300. The van der Waals surface area contributed by atoms with Gasteiger partial charge >= 0.3 is 0 Å². The Kier molecular flexibility index (Phi) is 1.40. The van der Waals surface area contributed by atoms with Crippen LogP contribution in [0.2, 0.25) is 0 Å². The topological polar surface area (TPSA) is 41.2 Å². The number of hydrogen-bond donors (Lipinski definition) is 1. The fourth-order valence-corrected chi connectivity index (χ4v) is 1.61. The summed E-state index contributed by atoms with van der Waals surface area (Å²) in [5.41, 5.74) is 2.28. The minimum absolute atomic E-state index is 0.444. The van der Waals surface area contributed by atoms with E-state index in [1.807, 2.05) is 12.3 Å². The molecule has 1 aliphatic heterocycles. The summed E-state index contributed by atoms with van der Waals surface area (Å²) in [7, 11) is 0. The van der Waals surface area contributed by atoms with Crippen LogP contribution in [-0.2, 0) is 11.2 Å². The van der Waals surface area contributed by atoms with Gasteiger partial charge in [0.1, 0.15) is 5.65 Å². The molecule has 0 radical (unpaired) electrons. The summed E-state index contributed by atoms with van der Waals surface area (Å²) in [5.74, 6) is 0. The molecule has 66 valence electrons. The van der Waals surface area contributed by atoms with E-state index in [0.717, 1.165) is 18.7 Å². The molecular formula is C10H10N2O. The van der Waals surface area contributed by atoms with Gasteiger partial charge in [-0.15, -0.1) is 0 Å². The summed E-state index contributed by atoms with van der Waals surface area (Å²) < 4.78 is 5.20. The van der Waals surface area contributed by atoms with Crippen LogP contribution in [0.15, 0.2) is 24.5 Å². The Balaban J connectivity index is 2.06. The molecule has 3 heterocycles. The van der Waals surface area contributed by atoms with Crippen molar-refractivity contribution in [2.24, 2.45) is 0 Å². The van der Waals surface area contributed by atoms with E-state index in [0.29, 0.717) is 6.10 Å². The van der Waals surface area contributed by atoms with Gasteiger partial charge in [0.05, 0.1) is 12.7 Å². The molecule has 13 heavy (non-hydrogen) atoms. The molecule has 3 heteroatoms. The maximum atomic E-state index is 5.20. The minimum atomic E-state index is 0.444. The third-order valence-electron chi connectivity index (χ3n) is 2.39. The number of nitrogens with zero attached hydrogens (tertiary/aromatic N) is 1. The number of nitrogens with one attached hydrogen (secondary N) is 1. The Morgan fingerprint density at radius 3 is 3.38 bits per heavy atom. The number of H-pyrrole nitrogens is 1. The first kappa shape index (κ1) is 7.09. The van der Waals surface area contributed by atoms with Crippen LogP contribution in [0, 0.1) is 0 Å². The number of epoxide rings is 1. The van der Waals surface area contributed by atoms with E-state index in [-0.39, 0.29) is 0 Å². The molecule has 3 nitrogen and oxygen atoms in total. The normalized spacial score (nSPS) is 20.8. The molecule has 0 aromatic carbocycles. The lowest BCUT2D eigenvalue weighted by atomic mass is 10.1. The molecule has 1 aliphatic rings. The Morgan fingerprint density at radius 1 is 1.62 bits per heavy atom. The number of fused-ring (bicyclic) bond motifs is 1. The van der Waals surface area contributed by atoms with Crippen LogP contribution in [-0.4, -0.2) is 22.7 Å². The smallest absolute Gasteiger partial charge is 0.137 e. The zero-order valence-corrected chi connectivity index (χ0v) is 7.16. The van der Waals surface area contributed by atoms with Crippen molar-refractivity contribution in [1.29, 1.82) is 0 Å². The number of aromatic amines is 1. The van der Waals surface area contributed by atoms with Gasteiger partial charge in [-0.2, -0.15) is 0 Å². The molecule has 0 amide bonds. The number of rotatable bonds is 2. The quantitative estimate of drug-likeness (QED) is 0.701. The standard InChI is InChI=1S/C10H10N2O/c1-2-9-7(4-8-6-13-8)5-12-10(9)11-3-1/h1-3,5,8H,4,6H2,(H,11,12). The highest BCUT2D eigenvalue weighted by Crippen LogP contribution is 2.22. The van der Waals surface area contributed by atoms with Gasteiger partial charge in [-0.3, -0.25) is 0 Å². The van der Waals surface area contributed by atoms with E-state index in [2.05, 4.69) is 16.0 Å². The molecule has 1 fully saturated rings. The second kappa shape index (κ2) is 2.57. The highest BCUT2D eigenvalue weighted by atomic mass is 16.6. The highest BCUT2D eigenvalue weighted by Gasteiger charge is 2.23. The molecule has 0 saturated carbocycles. The van der Waals surface area contributed by atoms with E-state index < -0.39 is 0 Å². The highest BCUT2D eigenvalue weighted by molar-refractivity contribution is 5.79. The van der Waals surface area contributed by atoms with E-state index in [9.17, 15) is 0 Å². The van der Waals surface area contributed by atoms with Crippen LogP contribution in [0.3, 0.4) is 0 Å². The lowest BCUT2D eigenvalue weighted by Crippen LogP contribution is -1.90. The van der Waals surface area contributed by atoms with Crippen molar-refractivity contribution in [3.05, 3.63) is 30.1 Å². The Labute approximate surface area is 75.7 Å². The van der Waals surface area contributed by atoms with Gasteiger partial charge in [0, 0.05) is 24.2 Å². The van der Waals surface area contributed by atoms with Crippen molar-refractivity contribution in [3.63, 3.8) is 0 Å². The van der Waals surface area contributed by atoms with E-state index in [1.54, 1.807) is 6.20 Å². The second-order valence-corrected chi connectivity index (χ2v) is 3.37. The zero-order valence-electron chi connectivity index (χ0n) is 7.16. The van der Waals surface area contributed by atoms with Gasteiger partial charge in [-0.05, 0) is 17.7 Å². The minimum Gasteiger partial charge on any atom is -0.373 e.